The van der Waals surface area contributed by atoms with Crippen molar-refractivity contribution < 1.29 is 4.74 Å². The van der Waals surface area contributed by atoms with Crippen LogP contribution in [0.15, 0.2) is 30.3 Å². The van der Waals surface area contributed by atoms with Gasteiger partial charge in [0.15, 0.2) is 0 Å². The van der Waals surface area contributed by atoms with E-state index in [0.717, 1.165) is 26.1 Å². The van der Waals surface area contributed by atoms with Crippen LogP contribution in [0.4, 0.5) is 0 Å². The van der Waals surface area contributed by atoms with Crippen LogP contribution in [0.5, 0.6) is 0 Å². The van der Waals surface area contributed by atoms with E-state index < -0.39 is 0 Å². The number of morpholine rings is 1. The molecule has 0 bridgehead atoms. The van der Waals surface area contributed by atoms with E-state index in [0.29, 0.717) is 6.10 Å². The Morgan fingerprint density at radius 1 is 1.31 bits per heavy atom. The molecule has 1 saturated heterocycles. The molecule has 2 rings (SSSR count). The van der Waals surface area contributed by atoms with Crippen molar-refractivity contribution in [1.82, 2.24) is 5.32 Å². The zero-order valence-electron chi connectivity index (χ0n) is 7.70. The van der Waals surface area contributed by atoms with E-state index >= 15 is 0 Å². The molecule has 1 aliphatic heterocycles. The summed E-state index contributed by atoms with van der Waals surface area (Å²) in [6, 6.07) is 10.5. The highest BCUT2D eigenvalue weighted by Gasteiger charge is 2.12. The molecule has 1 aromatic carbocycles. The normalized spacial score (nSPS) is 22.9. The fraction of sp³-hybridized carbons (Fsp3) is 0.455. The van der Waals surface area contributed by atoms with Gasteiger partial charge in [-0.2, -0.15) is 0 Å². The lowest BCUT2D eigenvalue weighted by Crippen LogP contribution is -2.39. The first kappa shape index (κ1) is 8.73. The molecule has 0 unspecified atom stereocenters. The molecule has 1 fully saturated rings. The fourth-order valence-corrected chi connectivity index (χ4v) is 1.63. The molecule has 13 heavy (non-hydrogen) atoms. The molecule has 0 aromatic heterocycles. The van der Waals surface area contributed by atoms with Gasteiger partial charge in [-0.1, -0.05) is 30.3 Å². The number of hydrogen-bond donors (Lipinski definition) is 1. The van der Waals surface area contributed by atoms with Gasteiger partial charge in [0.25, 0.3) is 0 Å². The second kappa shape index (κ2) is 4.40. The van der Waals surface area contributed by atoms with Gasteiger partial charge in [-0.3, -0.25) is 0 Å². The van der Waals surface area contributed by atoms with Gasteiger partial charge in [0.2, 0.25) is 0 Å². The Balaban J connectivity index is 1.90. The van der Waals surface area contributed by atoms with Crippen molar-refractivity contribution in [3.05, 3.63) is 35.9 Å². The Kier molecular flexibility index (Phi) is 2.95. The summed E-state index contributed by atoms with van der Waals surface area (Å²) in [6.07, 6.45) is 1.38. The van der Waals surface area contributed by atoms with Crippen LogP contribution in [0.3, 0.4) is 0 Å². The van der Waals surface area contributed by atoms with Crippen LogP contribution in [0.2, 0.25) is 0 Å². The van der Waals surface area contributed by atoms with Crippen molar-refractivity contribution in [2.75, 3.05) is 19.7 Å². The molecule has 70 valence electrons. The summed E-state index contributed by atoms with van der Waals surface area (Å²) < 4.78 is 5.62. The topological polar surface area (TPSA) is 21.3 Å². The van der Waals surface area contributed by atoms with Crippen molar-refractivity contribution in [3.8, 4) is 0 Å². The van der Waals surface area contributed by atoms with Gasteiger partial charge in [0.05, 0.1) is 12.7 Å². The predicted molar refractivity (Wildman–Crippen MR) is 52.8 cm³/mol. The molecule has 0 amide bonds. The molecule has 2 nitrogen and oxygen atoms in total. The maximum absolute atomic E-state index is 5.62. The fourth-order valence-electron chi connectivity index (χ4n) is 1.63. The number of hydrogen-bond acceptors (Lipinski definition) is 2. The van der Waals surface area contributed by atoms with Gasteiger partial charge in [-0.05, 0) is 12.0 Å². The summed E-state index contributed by atoms with van der Waals surface area (Å²) in [5.74, 6) is 0. The van der Waals surface area contributed by atoms with Crippen molar-refractivity contribution >= 4 is 0 Å². The standard InChI is InChI=1S/C11H15NO/c1-2-4-10(5-3-1)8-11-9-12-6-7-13-11/h1-5,11-12H,6-9H2/t11-/m1/s1. The van der Waals surface area contributed by atoms with E-state index in [1.165, 1.54) is 5.56 Å². The highest BCUT2D eigenvalue weighted by molar-refractivity contribution is 5.15. The molecule has 1 N–H and O–H groups in total. The smallest absolute Gasteiger partial charge is 0.0740 e. The molecule has 0 spiro atoms. The SMILES string of the molecule is c1ccc(C[C@@H]2CNCCO2)cc1. The predicted octanol–water partition coefficient (Wildman–Crippen LogP) is 1.22. The molecule has 1 heterocycles. The second-order valence-corrected chi connectivity index (χ2v) is 3.39. The Labute approximate surface area is 78.9 Å². The summed E-state index contributed by atoms with van der Waals surface area (Å²) in [5.41, 5.74) is 1.36. The average Bonchev–Trinajstić information content (AvgIpc) is 2.21. The first-order valence-electron chi connectivity index (χ1n) is 4.81. The van der Waals surface area contributed by atoms with Crippen molar-refractivity contribution in [2.45, 2.75) is 12.5 Å². The van der Waals surface area contributed by atoms with Crippen molar-refractivity contribution in [2.24, 2.45) is 0 Å². The van der Waals surface area contributed by atoms with Crippen molar-refractivity contribution in [3.63, 3.8) is 0 Å². The molecular weight excluding hydrogens is 162 g/mol. The highest BCUT2D eigenvalue weighted by atomic mass is 16.5. The lowest BCUT2D eigenvalue weighted by Gasteiger charge is -2.23. The molecule has 0 radical (unpaired) electrons. The van der Waals surface area contributed by atoms with Crippen LogP contribution in [0.1, 0.15) is 5.56 Å². The third-order valence-electron chi connectivity index (χ3n) is 2.31. The summed E-state index contributed by atoms with van der Waals surface area (Å²) in [7, 11) is 0. The molecule has 1 atom stereocenters. The van der Waals surface area contributed by atoms with E-state index in [1.807, 2.05) is 6.07 Å². The Morgan fingerprint density at radius 2 is 2.15 bits per heavy atom. The number of benzene rings is 1. The monoisotopic (exact) mass is 177 g/mol. The largest absolute Gasteiger partial charge is 0.375 e. The average molecular weight is 177 g/mol. The van der Waals surface area contributed by atoms with E-state index in [4.69, 9.17) is 4.74 Å². The van der Waals surface area contributed by atoms with Gasteiger partial charge in [0.1, 0.15) is 0 Å². The Bertz CT molecular complexity index is 242. The van der Waals surface area contributed by atoms with Crippen LogP contribution in [-0.2, 0) is 11.2 Å². The van der Waals surface area contributed by atoms with Crippen molar-refractivity contribution in [1.29, 1.82) is 0 Å². The minimum Gasteiger partial charge on any atom is -0.375 e. The second-order valence-electron chi connectivity index (χ2n) is 3.39. The highest BCUT2D eigenvalue weighted by Crippen LogP contribution is 2.06. The maximum Gasteiger partial charge on any atom is 0.0740 e. The van der Waals surface area contributed by atoms with E-state index in [-0.39, 0.29) is 0 Å². The summed E-state index contributed by atoms with van der Waals surface area (Å²) in [4.78, 5) is 0. The van der Waals surface area contributed by atoms with Gasteiger partial charge in [-0.25, -0.2) is 0 Å². The zero-order chi connectivity index (χ0) is 8.93. The Hall–Kier alpha value is -0.860. The summed E-state index contributed by atoms with van der Waals surface area (Å²) >= 11 is 0. The molecular formula is C11H15NO. The third kappa shape index (κ3) is 2.54. The third-order valence-corrected chi connectivity index (χ3v) is 2.31. The van der Waals surface area contributed by atoms with Crippen LogP contribution in [0.25, 0.3) is 0 Å². The minimum atomic E-state index is 0.358. The first-order chi connectivity index (χ1) is 6.45. The number of nitrogens with one attached hydrogen (secondary N) is 1. The van der Waals surface area contributed by atoms with E-state index in [1.54, 1.807) is 0 Å². The molecule has 1 aromatic rings. The van der Waals surface area contributed by atoms with Gasteiger partial charge < -0.3 is 10.1 Å². The number of ether oxygens (including phenoxy) is 1. The molecule has 2 heteroatoms. The lowest BCUT2D eigenvalue weighted by molar-refractivity contribution is 0.0292. The Morgan fingerprint density at radius 3 is 2.85 bits per heavy atom. The van der Waals surface area contributed by atoms with Gasteiger partial charge in [0, 0.05) is 13.1 Å². The summed E-state index contributed by atoms with van der Waals surface area (Å²) in [5, 5.41) is 3.33. The first-order valence-corrected chi connectivity index (χ1v) is 4.81. The number of rotatable bonds is 2. The molecule has 0 saturated carbocycles. The lowest BCUT2D eigenvalue weighted by atomic mass is 10.1. The van der Waals surface area contributed by atoms with Gasteiger partial charge >= 0.3 is 0 Å². The van der Waals surface area contributed by atoms with E-state index in [9.17, 15) is 0 Å². The van der Waals surface area contributed by atoms with Crippen LogP contribution in [0, 0.1) is 0 Å². The molecule has 0 aliphatic carbocycles. The van der Waals surface area contributed by atoms with Gasteiger partial charge in [-0.15, -0.1) is 0 Å². The molecule has 1 aliphatic rings. The summed E-state index contributed by atoms with van der Waals surface area (Å²) in [6.45, 7) is 2.82. The quantitative estimate of drug-likeness (QED) is 0.733. The van der Waals surface area contributed by atoms with Crippen LogP contribution < -0.4 is 5.32 Å². The zero-order valence-corrected chi connectivity index (χ0v) is 7.70. The minimum absolute atomic E-state index is 0.358. The van der Waals surface area contributed by atoms with Crippen LogP contribution >= 0.6 is 0 Å². The van der Waals surface area contributed by atoms with Crippen LogP contribution in [-0.4, -0.2) is 25.8 Å². The van der Waals surface area contributed by atoms with E-state index in [2.05, 4.69) is 29.6 Å². The maximum atomic E-state index is 5.62.